The SMILES string of the molecule is O=C(Nc1ccc(CN2CCOCC2)cc1)c1sc2ncnc3c2c1NC(=O)N3c1ccc2c(ccn2Cc2cccc(F)c2)c1. The van der Waals surface area contributed by atoms with E-state index in [2.05, 4.69) is 25.5 Å². The van der Waals surface area contributed by atoms with Crippen LogP contribution >= 0.6 is 11.3 Å². The number of carbonyl (C=O) groups is 2. The lowest BCUT2D eigenvalue weighted by molar-refractivity contribution is 0.0342. The van der Waals surface area contributed by atoms with Gasteiger partial charge < -0.3 is 19.9 Å². The number of carbonyl (C=O) groups excluding carboxylic acids is 2. The van der Waals surface area contributed by atoms with E-state index in [1.807, 2.05) is 65.4 Å². The highest BCUT2D eigenvalue weighted by Crippen LogP contribution is 2.45. The van der Waals surface area contributed by atoms with Crippen LogP contribution in [0.4, 0.5) is 32.1 Å². The molecule has 0 spiro atoms. The molecule has 5 heterocycles. The molecular weight excluding hydrogens is 605 g/mol. The normalized spacial score (nSPS) is 15.0. The lowest BCUT2D eigenvalue weighted by Gasteiger charge is -2.27. The number of fused-ring (bicyclic) bond motifs is 1. The van der Waals surface area contributed by atoms with Crippen LogP contribution in [0, 0.1) is 5.82 Å². The Bertz CT molecular complexity index is 2120. The first-order valence-electron chi connectivity index (χ1n) is 14.9. The van der Waals surface area contributed by atoms with Gasteiger partial charge in [-0.05, 0) is 59.7 Å². The van der Waals surface area contributed by atoms with Gasteiger partial charge in [0.05, 0.1) is 30.0 Å². The Kier molecular flexibility index (Phi) is 7.16. The third kappa shape index (κ3) is 5.26. The van der Waals surface area contributed by atoms with E-state index in [9.17, 15) is 14.0 Å². The molecule has 1 fully saturated rings. The van der Waals surface area contributed by atoms with Gasteiger partial charge in [0.15, 0.2) is 5.82 Å². The lowest BCUT2D eigenvalue weighted by atomic mass is 10.1. The topological polar surface area (TPSA) is 105 Å². The second kappa shape index (κ2) is 11.6. The predicted octanol–water partition coefficient (Wildman–Crippen LogP) is 6.60. The number of benzene rings is 3. The number of nitrogens with one attached hydrogen (secondary N) is 2. The summed E-state index contributed by atoms with van der Waals surface area (Å²) in [6.07, 6.45) is 3.35. The molecule has 0 atom stereocenters. The molecule has 10 nitrogen and oxygen atoms in total. The summed E-state index contributed by atoms with van der Waals surface area (Å²) < 4.78 is 21.2. The number of thiophene rings is 1. The summed E-state index contributed by atoms with van der Waals surface area (Å²) in [5.41, 5.74) is 4.64. The molecule has 0 radical (unpaired) electrons. The van der Waals surface area contributed by atoms with E-state index in [-0.39, 0.29) is 11.7 Å². The first-order valence-corrected chi connectivity index (χ1v) is 15.7. The summed E-state index contributed by atoms with van der Waals surface area (Å²) in [6.45, 7) is 4.64. The average Bonchev–Trinajstić information content (AvgIpc) is 3.64. The maximum absolute atomic E-state index is 13.7. The van der Waals surface area contributed by atoms with E-state index in [4.69, 9.17) is 4.74 Å². The summed E-state index contributed by atoms with van der Waals surface area (Å²) in [7, 11) is 0. The lowest BCUT2D eigenvalue weighted by Crippen LogP contribution is -2.35. The van der Waals surface area contributed by atoms with Crippen LogP contribution in [0.2, 0.25) is 0 Å². The van der Waals surface area contributed by atoms with Gasteiger partial charge in [-0.2, -0.15) is 0 Å². The first kappa shape index (κ1) is 28.3. The van der Waals surface area contributed by atoms with E-state index in [0.717, 1.165) is 54.9 Å². The van der Waals surface area contributed by atoms with E-state index < -0.39 is 6.03 Å². The highest BCUT2D eigenvalue weighted by atomic mass is 32.1. The maximum Gasteiger partial charge on any atom is 0.332 e. The number of ether oxygens (including phenoxy) is 1. The fraction of sp³-hybridized carbons (Fsp3) is 0.176. The van der Waals surface area contributed by atoms with Crippen LogP contribution in [0.15, 0.2) is 85.3 Å². The highest BCUT2D eigenvalue weighted by Gasteiger charge is 2.34. The number of hydrogen-bond donors (Lipinski definition) is 2. The van der Waals surface area contributed by atoms with Crippen LogP contribution in [-0.2, 0) is 17.8 Å². The Morgan fingerprint density at radius 2 is 1.83 bits per heavy atom. The number of urea groups is 1. The van der Waals surface area contributed by atoms with Gasteiger partial charge in [-0.25, -0.2) is 24.1 Å². The molecule has 8 rings (SSSR count). The Morgan fingerprint density at radius 1 is 0.978 bits per heavy atom. The molecule has 2 N–H and O–H groups in total. The number of amides is 3. The fourth-order valence-electron chi connectivity index (χ4n) is 6.06. The molecule has 2 aliphatic heterocycles. The molecule has 0 saturated carbocycles. The zero-order chi connectivity index (χ0) is 31.2. The van der Waals surface area contributed by atoms with Crippen molar-refractivity contribution in [2.45, 2.75) is 13.1 Å². The van der Waals surface area contributed by atoms with Crippen molar-refractivity contribution in [2.24, 2.45) is 0 Å². The number of rotatable bonds is 7. The quantitative estimate of drug-likeness (QED) is 0.205. The van der Waals surface area contributed by atoms with Gasteiger partial charge >= 0.3 is 6.03 Å². The predicted molar refractivity (Wildman–Crippen MR) is 177 cm³/mol. The number of aromatic nitrogens is 3. The second-order valence-corrected chi connectivity index (χ2v) is 12.3. The zero-order valence-electron chi connectivity index (χ0n) is 24.6. The molecule has 3 amide bonds. The number of nitrogens with zero attached hydrogens (tertiary/aromatic N) is 5. The van der Waals surface area contributed by atoms with Gasteiger partial charge in [0.25, 0.3) is 5.91 Å². The third-order valence-electron chi connectivity index (χ3n) is 8.30. The van der Waals surface area contributed by atoms with Gasteiger partial charge in [-0.15, -0.1) is 11.3 Å². The summed E-state index contributed by atoms with van der Waals surface area (Å²) in [4.78, 5) is 40.8. The summed E-state index contributed by atoms with van der Waals surface area (Å²) in [5.74, 6) is -0.199. The highest BCUT2D eigenvalue weighted by molar-refractivity contribution is 7.21. The molecule has 0 aliphatic carbocycles. The Balaban J connectivity index is 1.05. The van der Waals surface area contributed by atoms with Crippen molar-refractivity contribution in [3.05, 3.63) is 107 Å². The second-order valence-electron chi connectivity index (χ2n) is 11.3. The third-order valence-corrected chi connectivity index (χ3v) is 9.39. The molecule has 2 aliphatic rings. The summed E-state index contributed by atoms with van der Waals surface area (Å²) >= 11 is 1.21. The fourth-order valence-corrected chi connectivity index (χ4v) is 7.05. The van der Waals surface area contributed by atoms with Crippen LogP contribution < -0.4 is 15.5 Å². The minimum Gasteiger partial charge on any atom is -0.379 e. The molecule has 3 aromatic heterocycles. The van der Waals surface area contributed by atoms with Crippen LogP contribution in [0.25, 0.3) is 21.1 Å². The van der Waals surface area contributed by atoms with Crippen LogP contribution in [-0.4, -0.2) is 57.7 Å². The Morgan fingerprint density at radius 3 is 2.65 bits per heavy atom. The monoisotopic (exact) mass is 633 g/mol. The Labute approximate surface area is 267 Å². The molecule has 3 aromatic carbocycles. The molecule has 0 unspecified atom stereocenters. The number of anilines is 4. The van der Waals surface area contributed by atoms with Crippen molar-refractivity contribution >= 4 is 67.3 Å². The number of morpholine rings is 1. The molecule has 0 bridgehead atoms. The maximum atomic E-state index is 13.7. The standard InChI is InChI=1S/C34H28FN7O3S/c35-24-3-1-2-22(16-24)19-41-11-10-23-17-26(8-9-27(23)41)42-31-28-29(39-34(42)44)30(46-33(28)37-20-36-31)32(43)38-25-6-4-21(5-7-25)18-40-12-14-45-15-13-40/h1-11,16-17,20H,12-15,18-19H2,(H,38,43)(H,39,44). The largest absolute Gasteiger partial charge is 0.379 e. The molecule has 1 saturated heterocycles. The van der Waals surface area contributed by atoms with E-state index in [1.54, 1.807) is 6.07 Å². The smallest absolute Gasteiger partial charge is 0.332 e. The molecule has 6 aromatic rings. The van der Waals surface area contributed by atoms with Gasteiger partial charge in [0, 0.05) is 49.0 Å². The van der Waals surface area contributed by atoms with Crippen molar-refractivity contribution in [2.75, 3.05) is 41.8 Å². The van der Waals surface area contributed by atoms with Crippen LogP contribution in [0.5, 0.6) is 0 Å². The minimum atomic E-state index is -0.425. The molecule has 12 heteroatoms. The average molecular weight is 634 g/mol. The number of hydrogen-bond acceptors (Lipinski definition) is 7. The van der Waals surface area contributed by atoms with Crippen LogP contribution in [0.1, 0.15) is 20.8 Å². The summed E-state index contributed by atoms with van der Waals surface area (Å²) in [6, 6.07) is 21.6. The van der Waals surface area contributed by atoms with Crippen LogP contribution in [0.3, 0.4) is 0 Å². The molecular formula is C34H28FN7O3S. The molecule has 46 heavy (non-hydrogen) atoms. The summed E-state index contributed by atoms with van der Waals surface area (Å²) in [5, 5.41) is 7.43. The Hall–Kier alpha value is -5.17. The van der Waals surface area contributed by atoms with Crippen molar-refractivity contribution in [1.29, 1.82) is 0 Å². The van der Waals surface area contributed by atoms with Gasteiger partial charge in [0.1, 0.15) is 21.9 Å². The zero-order valence-corrected chi connectivity index (χ0v) is 25.4. The van der Waals surface area contributed by atoms with E-state index in [1.165, 1.54) is 34.7 Å². The van der Waals surface area contributed by atoms with Gasteiger partial charge in [-0.1, -0.05) is 24.3 Å². The number of halogens is 1. The first-order chi connectivity index (χ1) is 22.5. The van der Waals surface area contributed by atoms with Crippen molar-refractivity contribution in [3.63, 3.8) is 0 Å². The van der Waals surface area contributed by atoms with Crippen molar-refractivity contribution in [3.8, 4) is 0 Å². The van der Waals surface area contributed by atoms with Gasteiger partial charge in [-0.3, -0.25) is 9.69 Å². The van der Waals surface area contributed by atoms with Crippen molar-refractivity contribution < 1.29 is 18.7 Å². The van der Waals surface area contributed by atoms with E-state index in [0.29, 0.717) is 44.5 Å². The molecule has 230 valence electrons. The van der Waals surface area contributed by atoms with Crippen molar-refractivity contribution in [1.82, 2.24) is 19.4 Å². The van der Waals surface area contributed by atoms with E-state index >= 15 is 0 Å². The van der Waals surface area contributed by atoms with Gasteiger partial charge in [0.2, 0.25) is 0 Å². The minimum absolute atomic E-state index is 0.272.